The molecule has 0 spiro atoms. The first-order valence-electron chi connectivity index (χ1n) is 3.95. The van der Waals surface area contributed by atoms with Gasteiger partial charge in [-0.2, -0.15) is 5.10 Å². The Hall–Kier alpha value is -1.76. The molecule has 0 aliphatic rings. The number of nitrogens with two attached hydrogens (primary N) is 1. The van der Waals surface area contributed by atoms with Crippen LogP contribution in [0, 0.1) is 11.8 Å². The molecule has 1 amide bonds. The summed E-state index contributed by atoms with van der Waals surface area (Å²) in [5, 5.41) is 4.06. The molecular formula is C9H11N3O. The molecule has 13 heavy (non-hydrogen) atoms. The monoisotopic (exact) mass is 177 g/mol. The number of rotatable bonds is 1. The van der Waals surface area contributed by atoms with Gasteiger partial charge in [-0.1, -0.05) is 5.92 Å². The van der Waals surface area contributed by atoms with Crippen LogP contribution < -0.4 is 5.73 Å². The zero-order valence-electron chi connectivity index (χ0n) is 7.61. The van der Waals surface area contributed by atoms with E-state index in [4.69, 9.17) is 5.73 Å². The average Bonchev–Trinajstić information content (AvgIpc) is 2.48. The highest BCUT2D eigenvalue weighted by Gasteiger charge is 1.98. The van der Waals surface area contributed by atoms with Crippen molar-refractivity contribution in [3.8, 4) is 11.8 Å². The molecule has 0 bridgehead atoms. The van der Waals surface area contributed by atoms with Crippen LogP contribution in [0.1, 0.15) is 25.5 Å². The molecule has 0 unspecified atom stereocenters. The second-order valence-corrected chi connectivity index (χ2v) is 2.92. The fourth-order valence-electron chi connectivity index (χ4n) is 0.819. The van der Waals surface area contributed by atoms with Crippen molar-refractivity contribution >= 4 is 5.91 Å². The molecule has 4 heteroatoms. The smallest absolute Gasteiger partial charge is 0.293 e. The van der Waals surface area contributed by atoms with Crippen LogP contribution in [0.15, 0.2) is 12.4 Å². The second kappa shape index (κ2) is 3.76. The van der Waals surface area contributed by atoms with Gasteiger partial charge in [0.25, 0.3) is 5.91 Å². The van der Waals surface area contributed by atoms with E-state index in [9.17, 15) is 4.79 Å². The van der Waals surface area contributed by atoms with E-state index in [0.29, 0.717) is 11.6 Å². The predicted octanol–water partition coefficient (Wildman–Crippen LogP) is 0.301. The lowest BCUT2D eigenvalue weighted by atomic mass is 10.3. The summed E-state index contributed by atoms with van der Waals surface area (Å²) in [6.07, 6.45) is 3.39. The minimum Gasteiger partial charge on any atom is -0.359 e. The Labute approximate surface area is 76.7 Å². The number of aromatic nitrogens is 2. The number of carbonyl (C=O) groups excluding carboxylic acids is 1. The molecule has 1 heterocycles. The van der Waals surface area contributed by atoms with Crippen molar-refractivity contribution in [3.63, 3.8) is 0 Å². The highest BCUT2D eigenvalue weighted by atomic mass is 16.1. The standard InChI is InChI=1S/C9H11N3O/c1-7(2)12-6-8(5-11-12)3-4-9(10)13/h5-7H,1-2H3,(H2,10,13). The van der Waals surface area contributed by atoms with Crippen LogP contribution >= 0.6 is 0 Å². The third kappa shape index (κ3) is 2.64. The largest absolute Gasteiger partial charge is 0.359 e. The highest BCUT2D eigenvalue weighted by Crippen LogP contribution is 2.03. The van der Waals surface area contributed by atoms with Gasteiger partial charge in [0, 0.05) is 18.2 Å². The first-order valence-corrected chi connectivity index (χ1v) is 3.95. The molecule has 0 saturated heterocycles. The van der Waals surface area contributed by atoms with Gasteiger partial charge in [-0.3, -0.25) is 9.48 Å². The van der Waals surface area contributed by atoms with Crippen molar-refractivity contribution in [2.75, 3.05) is 0 Å². The first-order chi connectivity index (χ1) is 6.09. The Balaban J connectivity index is 2.82. The maximum Gasteiger partial charge on any atom is 0.293 e. The number of nitrogens with zero attached hydrogens (tertiary/aromatic N) is 2. The van der Waals surface area contributed by atoms with E-state index in [0.717, 1.165) is 0 Å². The van der Waals surface area contributed by atoms with Crippen LogP contribution in [0.3, 0.4) is 0 Å². The van der Waals surface area contributed by atoms with Gasteiger partial charge >= 0.3 is 0 Å². The Kier molecular flexibility index (Phi) is 2.70. The second-order valence-electron chi connectivity index (χ2n) is 2.92. The van der Waals surface area contributed by atoms with Gasteiger partial charge in [0.1, 0.15) is 0 Å². The van der Waals surface area contributed by atoms with Crippen LogP contribution in [-0.2, 0) is 4.79 Å². The molecule has 0 fully saturated rings. The fourth-order valence-corrected chi connectivity index (χ4v) is 0.819. The van der Waals surface area contributed by atoms with Gasteiger partial charge in [-0.15, -0.1) is 0 Å². The van der Waals surface area contributed by atoms with E-state index in [1.807, 2.05) is 13.8 Å². The minimum atomic E-state index is -0.628. The van der Waals surface area contributed by atoms with Crippen molar-refractivity contribution in [1.29, 1.82) is 0 Å². The predicted molar refractivity (Wildman–Crippen MR) is 48.7 cm³/mol. The van der Waals surface area contributed by atoms with Gasteiger partial charge in [0.15, 0.2) is 0 Å². The summed E-state index contributed by atoms with van der Waals surface area (Å²) >= 11 is 0. The Morgan fingerprint density at radius 3 is 2.85 bits per heavy atom. The summed E-state index contributed by atoms with van der Waals surface area (Å²) in [7, 11) is 0. The van der Waals surface area contributed by atoms with Gasteiger partial charge < -0.3 is 5.73 Å². The number of primary amides is 1. The van der Waals surface area contributed by atoms with Crippen molar-refractivity contribution < 1.29 is 4.79 Å². The van der Waals surface area contributed by atoms with E-state index < -0.39 is 5.91 Å². The van der Waals surface area contributed by atoms with Crippen molar-refractivity contribution in [2.45, 2.75) is 19.9 Å². The zero-order valence-corrected chi connectivity index (χ0v) is 7.61. The molecule has 2 N–H and O–H groups in total. The topological polar surface area (TPSA) is 60.9 Å². The molecule has 1 aromatic rings. The van der Waals surface area contributed by atoms with Crippen molar-refractivity contribution in [3.05, 3.63) is 18.0 Å². The third-order valence-corrected chi connectivity index (χ3v) is 1.46. The van der Waals surface area contributed by atoms with Crippen LogP contribution in [0.2, 0.25) is 0 Å². The van der Waals surface area contributed by atoms with E-state index >= 15 is 0 Å². The van der Waals surface area contributed by atoms with E-state index in [1.165, 1.54) is 0 Å². The minimum absolute atomic E-state index is 0.295. The van der Waals surface area contributed by atoms with Crippen LogP contribution in [0.4, 0.5) is 0 Å². The normalized spacial score (nSPS) is 9.46. The number of hydrogen-bond acceptors (Lipinski definition) is 2. The lowest BCUT2D eigenvalue weighted by molar-refractivity contribution is -0.112. The maximum absolute atomic E-state index is 10.3. The van der Waals surface area contributed by atoms with Gasteiger partial charge in [-0.25, -0.2) is 0 Å². The first kappa shape index (κ1) is 9.33. The Morgan fingerprint density at radius 2 is 2.38 bits per heavy atom. The maximum atomic E-state index is 10.3. The van der Waals surface area contributed by atoms with Gasteiger partial charge in [-0.05, 0) is 13.8 Å². The van der Waals surface area contributed by atoms with E-state index in [1.54, 1.807) is 17.1 Å². The molecule has 1 rings (SSSR count). The summed E-state index contributed by atoms with van der Waals surface area (Å²) in [5.74, 6) is 4.23. The summed E-state index contributed by atoms with van der Waals surface area (Å²) in [4.78, 5) is 10.3. The van der Waals surface area contributed by atoms with Gasteiger partial charge in [0.2, 0.25) is 0 Å². The fraction of sp³-hybridized carbons (Fsp3) is 0.333. The van der Waals surface area contributed by atoms with Crippen LogP contribution in [-0.4, -0.2) is 15.7 Å². The molecular weight excluding hydrogens is 166 g/mol. The van der Waals surface area contributed by atoms with Crippen LogP contribution in [0.5, 0.6) is 0 Å². The third-order valence-electron chi connectivity index (χ3n) is 1.46. The SMILES string of the molecule is CC(C)n1cc(C#CC(N)=O)cn1. The number of amides is 1. The van der Waals surface area contributed by atoms with E-state index in [2.05, 4.69) is 16.9 Å². The molecule has 0 saturated carbocycles. The Morgan fingerprint density at radius 1 is 1.69 bits per heavy atom. The Bertz CT molecular complexity index is 368. The highest BCUT2D eigenvalue weighted by molar-refractivity contribution is 5.92. The molecule has 1 aromatic heterocycles. The molecule has 0 aliphatic carbocycles. The zero-order chi connectivity index (χ0) is 9.84. The number of carbonyl (C=O) groups is 1. The summed E-state index contributed by atoms with van der Waals surface area (Å²) < 4.78 is 1.77. The molecule has 0 aromatic carbocycles. The van der Waals surface area contributed by atoms with E-state index in [-0.39, 0.29) is 0 Å². The summed E-state index contributed by atoms with van der Waals surface area (Å²) in [6, 6.07) is 0.295. The quantitative estimate of drug-likeness (QED) is 0.627. The van der Waals surface area contributed by atoms with Crippen LogP contribution in [0.25, 0.3) is 0 Å². The summed E-state index contributed by atoms with van der Waals surface area (Å²) in [6.45, 7) is 4.02. The molecule has 0 atom stereocenters. The summed E-state index contributed by atoms with van der Waals surface area (Å²) in [5.41, 5.74) is 5.57. The molecule has 0 radical (unpaired) electrons. The van der Waals surface area contributed by atoms with Crippen molar-refractivity contribution in [2.24, 2.45) is 5.73 Å². The molecule has 68 valence electrons. The lowest BCUT2D eigenvalue weighted by Crippen LogP contribution is -2.06. The lowest BCUT2D eigenvalue weighted by Gasteiger charge is -2.01. The number of hydrogen-bond donors (Lipinski definition) is 1. The average molecular weight is 177 g/mol. The van der Waals surface area contributed by atoms with Gasteiger partial charge in [0.05, 0.1) is 11.8 Å². The molecule has 0 aliphatic heterocycles. The van der Waals surface area contributed by atoms with Crippen molar-refractivity contribution in [1.82, 2.24) is 9.78 Å². The molecule has 4 nitrogen and oxygen atoms in total.